The number of benzene rings is 4. The van der Waals surface area contributed by atoms with Crippen molar-refractivity contribution in [3.05, 3.63) is 144 Å². The van der Waals surface area contributed by atoms with Gasteiger partial charge in [-0.3, -0.25) is 4.79 Å². The second-order valence-corrected chi connectivity index (χ2v) is 13.1. The maximum atomic E-state index is 13.8. The topological polar surface area (TPSA) is 75.3 Å². The fraction of sp³-hybridized carbons (Fsp3) is 0.359. The summed E-state index contributed by atoms with van der Waals surface area (Å²) in [6, 6.07) is 39.9. The fourth-order valence-electron chi connectivity index (χ4n) is 8.11. The largest absolute Gasteiger partial charge is 0.717 e. The summed E-state index contributed by atoms with van der Waals surface area (Å²) in [5.74, 6) is -1.23. The molecule has 3 aliphatic heterocycles. The maximum Gasteiger partial charge on any atom is 0.717 e. The van der Waals surface area contributed by atoms with E-state index < -0.39 is 48.5 Å². The van der Waals surface area contributed by atoms with E-state index in [-0.39, 0.29) is 0 Å². The molecule has 4 aromatic carbocycles. The highest BCUT2D eigenvalue weighted by Crippen LogP contribution is 2.58. The number of carbonyl (C=O) groups is 1. The molecule has 1 saturated carbocycles. The van der Waals surface area contributed by atoms with Crippen molar-refractivity contribution in [2.24, 2.45) is 0 Å². The molecule has 4 aromatic rings. The standard InChI is InChI=1S/C39H40BNO6/c42-36(33-25-16-28-41-33)45-40-46-38(29-17-6-1-7-18-29,30-19-8-2-9-20-30)34-35(44-37(43-34)26-14-5-15-27-37)39(47-40,31-21-10-3-11-22-31)32-23-12-4-13-24-32/h1-4,6-13,17-24,33-35,41H,5,14-16,25-28H2/t33-,34+,35+/m0/s1. The SMILES string of the molecule is O=C(OB1OC(c2ccccc2)(c2ccccc2)[C@@H]2OC3(CCCCC3)O[C@H]2C(c2ccccc2)(c2ccccc2)O1)[C@@H]1CCCN1. The highest BCUT2D eigenvalue weighted by atomic mass is 16.8. The Morgan fingerprint density at radius 3 is 1.43 bits per heavy atom. The van der Waals surface area contributed by atoms with E-state index >= 15 is 0 Å². The molecule has 47 heavy (non-hydrogen) atoms. The average Bonchev–Trinajstić information content (AvgIpc) is 3.79. The third kappa shape index (κ3) is 5.33. The van der Waals surface area contributed by atoms with Gasteiger partial charge in [-0.2, -0.15) is 0 Å². The quantitative estimate of drug-likeness (QED) is 0.240. The Bertz CT molecular complexity index is 1460. The molecule has 0 amide bonds. The third-order valence-corrected chi connectivity index (χ3v) is 10.3. The van der Waals surface area contributed by atoms with E-state index in [9.17, 15) is 4.79 Å². The molecule has 1 N–H and O–H groups in total. The first-order valence-corrected chi connectivity index (χ1v) is 17.0. The van der Waals surface area contributed by atoms with Crippen molar-refractivity contribution in [3.8, 4) is 0 Å². The van der Waals surface area contributed by atoms with Gasteiger partial charge in [-0.15, -0.1) is 0 Å². The number of nitrogens with one attached hydrogen (secondary N) is 1. The lowest BCUT2D eigenvalue weighted by molar-refractivity contribution is -0.220. The van der Waals surface area contributed by atoms with Crippen LogP contribution in [0.2, 0.25) is 0 Å². The van der Waals surface area contributed by atoms with Crippen LogP contribution in [0.1, 0.15) is 67.2 Å². The Morgan fingerprint density at radius 1 is 0.617 bits per heavy atom. The van der Waals surface area contributed by atoms with Crippen LogP contribution >= 0.6 is 0 Å². The molecule has 1 spiro atoms. The van der Waals surface area contributed by atoms with E-state index in [2.05, 4.69) is 53.8 Å². The average molecular weight is 630 g/mol. The van der Waals surface area contributed by atoms with Gasteiger partial charge in [-0.05, 0) is 54.5 Å². The zero-order valence-corrected chi connectivity index (χ0v) is 26.5. The van der Waals surface area contributed by atoms with Crippen LogP contribution in [0.15, 0.2) is 121 Å². The summed E-state index contributed by atoms with van der Waals surface area (Å²) >= 11 is 0. The minimum atomic E-state index is -1.41. The summed E-state index contributed by atoms with van der Waals surface area (Å²) in [4.78, 5) is 13.8. The summed E-state index contributed by atoms with van der Waals surface area (Å²) < 4.78 is 35.5. The van der Waals surface area contributed by atoms with Crippen LogP contribution in [0.4, 0.5) is 0 Å². The van der Waals surface area contributed by atoms with Crippen LogP contribution in [0.25, 0.3) is 0 Å². The molecular weight excluding hydrogens is 589 g/mol. The Balaban J connectivity index is 1.40. The lowest BCUT2D eigenvalue weighted by atomic mass is 9.72. The number of fused-ring (bicyclic) bond motifs is 1. The molecular formula is C39H40BNO6. The summed E-state index contributed by atoms with van der Waals surface area (Å²) in [5, 5.41) is 3.27. The molecule has 0 aromatic heterocycles. The Labute approximate surface area is 276 Å². The van der Waals surface area contributed by atoms with Crippen molar-refractivity contribution in [2.75, 3.05) is 6.54 Å². The van der Waals surface area contributed by atoms with Crippen molar-refractivity contribution >= 4 is 13.3 Å². The Kier molecular flexibility index (Phi) is 8.24. The summed E-state index contributed by atoms with van der Waals surface area (Å²) in [7, 11) is -1.41. The minimum absolute atomic E-state index is 0.407. The van der Waals surface area contributed by atoms with Crippen LogP contribution in [0.5, 0.6) is 0 Å². The van der Waals surface area contributed by atoms with Gasteiger partial charge in [0.2, 0.25) is 0 Å². The van der Waals surface area contributed by atoms with E-state index in [1.165, 1.54) is 0 Å². The van der Waals surface area contributed by atoms with E-state index in [1.807, 2.05) is 72.8 Å². The number of rotatable bonds is 6. The first-order valence-electron chi connectivity index (χ1n) is 17.0. The number of ether oxygens (including phenoxy) is 2. The van der Waals surface area contributed by atoms with Crippen LogP contribution in [-0.4, -0.2) is 43.9 Å². The zero-order valence-electron chi connectivity index (χ0n) is 26.5. The van der Waals surface area contributed by atoms with Gasteiger partial charge in [-0.1, -0.05) is 128 Å². The first kappa shape index (κ1) is 30.5. The summed E-state index contributed by atoms with van der Waals surface area (Å²) in [6.07, 6.45) is 4.88. The smallest absolute Gasteiger partial charge is 0.484 e. The van der Waals surface area contributed by atoms with Crippen LogP contribution < -0.4 is 5.32 Å². The van der Waals surface area contributed by atoms with E-state index in [0.29, 0.717) is 6.42 Å². The van der Waals surface area contributed by atoms with Gasteiger partial charge in [-0.25, -0.2) is 0 Å². The highest BCUT2D eigenvalue weighted by Gasteiger charge is 2.69. The van der Waals surface area contributed by atoms with Crippen molar-refractivity contribution < 1.29 is 28.2 Å². The Morgan fingerprint density at radius 2 is 1.04 bits per heavy atom. The van der Waals surface area contributed by atoms with Crippen molar-refractivity contribution in [1.82, 2.24) is 5.32 Å². The molecule has 8 rings (SSSR count). The molecule has 3 saturated heterocycles. The maximum absolute atomic E-state index is 13.8. The summed E-state index contributed by atoms with van der Waals surface area (Å²) in [6.45, 7) is 0.760. The van der Waals surface area contributed by atoms with Gasteiger partial charge in [0.25, 0.3) is 0 Å². The lowest BCUT2D eigenvalue weighted by Gasteiger charge is -2.42. The first-order chi connectivity index (χ1) is 23.1. The second-order valence-electron chi connectivity index (χ2n) is 13.1. The van der Waals surface area contributed by atoms with Crippen molar-refractivity contribution in [1.29, 1.82) is 0 Å². The second kappa shape index (κ2) is 12.7. The molecule has 7 nitrogen and oxygen atoms in total. The van der Waals surface area contributed by atoms with Gasteiger partial charge in [0.15, 0.2) is 5.79 Å². The molecule has 4 aliphatic rings. The molecule has 0 unspecified atom stereocenters. The van der Waals surface area contributed by atoms with Gasteiger partial charge in [0, 0.05) is 12.8 Å². The lowest BCUT2D eigenvalue weighted by Crippen LogP contribution is -2.53. The van der Waals surface area contributed by atoms with Crippen LogP contribution in [0.3, 0.4) is 0 Å². The molecule has 240 valence electrons. The highest BCUT2D eigenvalue weighted by molar-refractivity contribution is 6.40. The predicted octanol–water partition coefficient (Wildman–Crippen LogP) is 6.65. The molecule has 1 aliphatic carbocycles. The van der Waals surface area contributed by atoms with Gasteiger partial charge < -0.3 is 28.8 Å². The predicted molar refractivity (Wildman–Crippen MR) is 178 cm³/mol. The molecule has 4 fully saturated rings. The van der Waals surface area contributed by atoms with Crippen molar-refractivity contribution in [2.45, 2.75) is 80.2 Å². The molecule has 3 heterocycles. The minimum Gasteiger partial charge on any atom is -0.484 e. The normalized spacial score (nSPS) is 26.0. The number of carbonyl (C=O) groups excluding carboxylic acids is 1. The molecule has 3 atom stereocenters. The fourth-order valence-corrected chi connectivity index (χ4v) is 8.11. The third-order valence-electron chi connectivity index (χ3n) is 10.3. The van der Waals surface area contributed by atoms with Gasteiger partial charge in [0.05, 0.1) is 0 Å². The monoisotopic (exact) mass is 629 g/mol. The molecule has 8 heteroatoms. The van der Waals surface area contributed by atoms with Gasteiger partial charge in [0.1, 0.15) is 29.5 Å². The van der Waals surface area contributed by atoms with Crippen molar-refractivity contribution in [3.63, 3.8) is 0 Å². The summed E-state index contributed by atoms with van der Waals surface area (Å²) in [5.41, 5.74) is 0.897. The number of hydrogen-bond donors (Lipinski definition) is 1. The number of hydrogen-bond acceptors (Lipinski definition) is 7. The Hall–Kier alpha value is -3.79. The van der Waals surface area contributed by atoms with Crippen LogP contribution in [0, 0.1) is 0 Å². The van der Waals surface area contributed by atoms with E-state index in [4.69, 9.17) is 23.4 Å². The van der Waals surface area contributed by atoms with E-state index in [0.717, 1.165) is 67.3 Å². The van der Waals surface area contributed by atoms with Gasteiger partial charge >= 0.3 is 13.3 Å². The molecule has 0 bridgehead atoms. The zero-order chi connectivity index (χ0) is 31.7. The van der Waals surface area contributed by atoms with E-state index in [1.54, 1.807) is 0 Å². The van der Waals surface area contributed by atoms with Crippen LogP contribution in [-0.2, 0) is 39.4 Å². The molecule has 0 radical (unpaired) electrons.